The Morgan fingerprint density at radius 3 is 0.961 bits per heavy atom. The smallest absolute Gasteiger partial charge is 0.461 e. The molecule has 4 aromatic carbocycles. The molecule has 0 aliphatic carbocycles. The molecule has 1 aliphatic heterocycles. The van der Waals surface area contributed by atoms with Gasteiger partial charge in [0, 0.05) is 5.10 Å². The molecule has 7 rings (SSSR count). The summed E-state index contributed by atoms with van der Waals surface area (Å²) < 4.78 is 340. The van der Waals surface area contributed by atoms with Crippen molar-refractivity contribution in [1.82, 2.24) is 19.5 Å². The molecule has 0 N–H and O–H groups in total. The topological polar surface area (TPSA) is 149 Å². The Bertz CT molecular complexity index is 3240. The van der Waals surface area contributed by atoms with Crippen LogP contribution in [-0.2, 0) is 18.9 Å². The second-order valence-corrected chi connectivity index (χ2v) is 15.3. The van der Waals surface area contributed by atoms with Crippen molar-refractivity contribution >= 4 is 58.6 Å². The number of aromatic nitrogens is 6. The summed E-state index contributed by atoms with van der Waals surface area (Å²) in [5, 5.41) is 6.56. The van der Waals surface area contributed by atoms with Crippen LogP contribution in [0.1, 0.15) is 69.6 Å². The number of carbonyl (C=O) groups excluding carboxylic acids is 4. The molecule has 0 spiro atoms. The lowest BCUT2D eigenvalue weighted by atomic mass is 9.32. The van der Waals surface area contributed by atoms with Crippen LogP contribution in [0.3, 0.4) is 0 Å². The normalized spacial score (nSPS) is 13.4. The molecule has 0 amide bonds. The summed E-state index contributed by atoms with van der Waals surface area (Å²) >= 11 is 0. The molecule has 2 aromatic heterocycles. The van der Waals surface area contributed by atoms with Crippen LogP contribution in [-0.4, -0.2) is 82.6 Å². The van der Waals surface area contributed by atoms with Crippen LogP contribution < -0.4 is 31.2 Å². The van der Waals surface area contributed by atoms with Crippen LogP contribution in [0.4, 0.5) is 87.8 Å². The number of hydrogen-bond donors (Lipinski definition) is 0. The van der Waals surface area contributed by atoms with E-state index >= 15 is 87.8 Å². The summed E-state index contributed by atoms with van der Waals surface area (Å²) in [5.74, 6) is -80.3. The van der Waals surface area contributed by atoms with Crippen molar-refractivity contribution in [3.05, 3.63) is 139 Å². The summed E-state index contributed by atoms with van der Waals surface area (Å²) in [6.45, 7) is -1.36. The molecule has 0 saturated heterocycles. The SMILES string of the molecule is CCOC(=O)c1n[n+]2n(c1C(=O)OCC)[B-](c1c(F)c(F)c(F)c(F)c1F)(c1c(F)c(F)c(F)c(F)c1F)[n+]1c(C(=O)OCC)c(C(=O)OCC)nn1[B-]2(c1c(F)c(F)c(F)c(F)c1F)c1c(F)c(F)c(F)c(F)c1F. The third-order valence-electron chi connectivity index (χ3n) is 11.6. The minimum Gasteiger partial charge on any atom is -0.461 e. The van der Waals surface area contributed by atoms with E-state index in [0.717, 1.165) is 27.7 Å². The van der Waals surface area contributed by atoms with Gasteiger partial charge in [-0.3, -0.25) is 4.59 Å². The summed E-state index contributed by atoms with van der Waals surface area (Å²) in [6.07, 6.45) is -14.1. The Morgan fingerprint density at radius 1 is 0.382 bits per heavy atom. The zero-order chi connectivity index (χ0) is 56.9. The number of rotatable bonds is 12. The molecule has 0 fully saturated rings. The number of ether oxygens (including phenoxy) is 4. The van der Waals surface area contributed by atoms with E-state index in [1.807, 2.05) is 0 Å². The quantitative estimate of drug-likeness (QED) is 0.0443. The van der Waals surface area contributed by atoms with Gasteiger partial charge in [-0.25, -0.2) is 112 Å². The average molecular weight is 1110 g/mol. The van der Waals surface area contributed by atoms with Crippen molar-refractivity contribution in [2.24, 2.45) is 0 Å². The highest BCUT2D eigenvalue weighted by Gasteiger charge is 2.72. The maximum absolute atomic E-state index is 17.3. The van der Waals surface area contributed by atoms with Gasteiger partial charge in [-0.2, -0.15) is 4.71 Å². The average Bonchev–Trinajstić information content (AvgIpc) is 4.00. The van der Waals surface area contributed by atoms with Gasteiger partial charge in [-0.1, -0.05) is 10.9 Å². The molecule has 1 aliphatic rings. The number of fused-ring (bicyclic) bond motifs is 2. The van der Waals surface area contributed by atoms with Crippen molar-refractivity contribution in [3.63, 3.8) is 0 Å². The summed E-state index contributed by atoms with van der Waals surface area (Å²) in [5.41, 5.74) is -23.0. The number of carbonyl (C=O) groups is 4. The van der Waals surface area contributed by atoms with Gasteiger partial charge < -0.3 is 23.5 Å². The van der Waals surface area contributed by atoms with Gasteiger partial charge in [0.25, 0.3) is 0 Å². The van der Waals surface area contributed by atoms with Crippen LogP contribution in [0.2, 0.25) is 0 Å². The van der Waals surface area contributed by atoms with E-state index in [2.05, 4.69) is 10.2 Å². The van der Waals surface area contributed by atoms with E-state index in [1.165, 1.54) is 0 Å². The first-order chi connectivity index (χ1) is 35.6. The van der Waals surface area contributed by atoms with E-state index in [0.29, 0.717) is 0 Å². The summed E-state index contributed by atoms with van der Waals surface area (Å²) in [7, 11) is 0. The fourth-order valence-corrected chi connectivity index (χ4v) is 8.85. The lowest BCUT2D eigenvalue weighted by Crippen LogP contribution is -3.05. The van der Waals surface area contributed by atoms with Crippen molar-refractivity contribution in [3.8, 4) is 0 Å². The van der Waals surface area contributed by atoms with Gasteiger partial charge in [0.05, 0.1) is 26.4 Å². The summed E-state index contributed by atoms with van der Waals surface area (Å²) in [4.78, 5) is 57.2. The van der Waals surface area contributed by atoms with Gasteiger partial charge in [0.15, 0.2) is 75.5 Å². The van der Waals surface area contributed by atoms with Gasteiger partial charge in [0.2, 0.25) is 11.4 Å². The van der Waals surface area contributed by atoms with Crippen molar-refractivity contribution in [2.75, 3.05) is 26.4 Å². The molecule has 0 unspecified atom stereocenters. The fourth-order valence-electron chi connectivity index (χ4n) is 8.85. The highest BCUT2D eigenvalue weighted by atomic mass is 19.2. The Morgan fingerprint density at radius 2 is 0.645 bits per heavy atom. The third-order valence-corrected chi connectivity index (χ3v) is 11.6. The Hall–Kier alpha value is -8.23. The zero-order valence-corrected chi connectivity index (χ0v) is 37.5. The summed E-state index contributed by atoms with van der Waals surface area (Å²) in [6, 6.07) is 0. The Balaban J connectivity index is 2.17. The second-order valence-electron chi connectivity index (χ2n) is 15.3. The molecular weight excluding hydrogens is 1090 g/mol. The molecule has 3 heterocycles. The molecule has 14 nitrogen and oxygen atoms in total. The van der Waals surface area contributed by atoms with Gasteiger partial charge in [0.1, 0.15) is 46.5 Å². The van der Waals surface area contributed by atoms with Gasteiger partial charge in [-0.05, 0) is 43.7 Å². The Kier molecular flexibility index (Phi) is 14.2. The Labute approximate surface area is 406 Å². The largest absolute Gasteiger partial charge is 0.552 e. The monoisotopic (exact) mass is 1110 g/mol. The number of hydrogen-bond acceptors (Lipinski definition) is 10. The van der Waals surface area contributed by atoms with Gasteiger partial charge >= 0.3 is 42.4 Å². The highest BCUT2D eigenvalue weighted by Crippen LogP contribution is 2.32. The third kappa shape index (κ3) is 7.20. The molecule has 404 valence electrons. The predicted molar refractivity (Wildman–Crippen MR) is 205 cm³/mol. The van der Waals surface area contributed by atoms with E-state index < -0.39 is 243 Å². The molecule has 6 aromatic rings. The molecule has 0 bridgehead atoms. The first kappa shape index (κ1) is 55.5. The minimum absolute atomic E-state index is 0.765. The van der Waals surface area contributed by atoms with E-state index in [9.17, 15) is 19.2 Å². The maximum Gasteiger partial charge on any atom is 0.552 e. The van der Waals surface area contributed by atoms with Crippen molar-refractivity contribution in [1.29, 1.82) is 0 Å². The maximum atomic E-state index is 17.3. The first-order valence-electron chi connectivity index (χ1n) is 20.8. The molecular formula is C40H20B2F20N6O8. The number of esters is 4. The van der Waals surface area contributed by atoms with Crippen molar-refractivity contribution < 1.29 is 135 Å². The second kappa shape index (κ2) is 19.5. The lowest BCUT2D eigenvalue weighted by Gasteiger charge is -2.48. The first-order valence-corrected chi connectivity index (χ1v) is 20.8. The van der Waals surface area contributed by atoms with Crippen LogP contribution in [0.15, 0.2) is 0 Å². The van der Waals surface area contributed by atoms with Crippen LogP contribution >= 0.6 is 0 Å². The zero-order valence-electron chi connectivity index (χ0n) is 37.5. The molecule has 76 heavy (non-hydrogen) atoms. The van der Waals surface area contributed by atoms with Crippen LogP contribution in [0.25, 0.3) is 0 Å². The number of halogens is 20. The van der Waals surface area contributed by atoms with E-state index in [1.54, 1.807) is 0 Å². The fraction of sp³-hybridized carbons (Fsp3) is 0.200. The van der Waals surface area contributed by atoms with Gasteiger partial charge in [-0.15, -0.1) is 0 Å². The van der Waals surface area contributed by atoms with Crippen LogP contribution in [0.5, 0.6) is 0 Å². The van der Waals surface area contributed by atoms with E-state index in [-0.39, 0.29) is 0 Å². The van der Waals surface area contributed by atoms with E-state index in [4.69, 9.17) is 18.9 Å². The van der Waals surface area contributed by atoms with Crippen LogP contribution in [0, 0.1) is 116 Å². The molecule has 0 atom stereocenters. The number of benzene rings is 4. The number of nitrogens with zero attached hydrogens (tertiary/aromatic N) is 6. The molecule has 0 saturated carbocycles. The molecule has 0 radical (unpaired) electrons. The highest BCUT2D eigenvalue weighted by molar-refractivity contribution is 6.98. The minimum atomic E-state index is -7.11. The van der Waals surface area contributed by atoms with Crippen molar-refractivity contribution in [2.45, 2.75) is 27.7 Å². The predicted octanol–water partition coefficient (Wildman–Crippen LogP) is 3.76. The lowest BCUT2D eigenvalue weighted by molar-refractivity contribution is -0.743. The molecule has 36 heteroatoms. The standard InChI is InChI=1S/C40H20B2F20N6O8/c1-5-73-37(69)33-35(39(71)75-7-3)65-41(9-13(43)21(51)29(59)22(52)14(9)44,10-15(45)23(53)30(60)24(54)16(10)46)66-36(40(72)76-8-4)34(38(70)74-6-2)64-68(66)42(67(65)63-33,11-17(47)25(55)31(61)26(56)18(11)48)12-19(49)27(57)32(62)28(58)20(12)50/h5-8H2,1-4H3.